The standard InChI is InChI=1S/C10H8ClNO2/c1-14-10(13)8-3-5-12-4-2-7(11)6-9(8)12/h2-6H,1H3. The number of ether oxygens (including phenoxy) is 1. The molecule has 0 N–H and O–H groups in total. The third-order valence-electron chi connectivity index (χ3n) is 2.03. The van der Waals surface area contributed by atoms with Crippen LogP contribution in [0.25, 0.3) is 5.52 Å². The molecule has 0 saturated heterocycles. The molecule has 0 fully saturated rings. The monoisotopic (exact) mass is 209 g/mol. The number of carbonyl (C=O) groups excluding carboxylic acids is 1. The van der Waals surface area contributed by atoms with Crippen molar-refractivity contribution >= 4 is 23.1 Å². The van der Waals surface area contributed by atoms with Gasteiger partial charge in [-0.05, 0) is 18.2 Å². The average Bonchev–Trinajstić information content (AvgIpc) is 2.59. The van der Waals surface area contributed by atoms with Crippen LogP contribution in [0.1, 0.15) is 10.4 Å². The number of hydrogen-bond acceptors (Lipinski definition) is 2. The maximum absolute atomic E-state index is 11.3. The maximum Gasteiger partial charge on any atom is 0.340 e. The molecule has 2 heterocycles. The second-order valence-corrected chi connectivity index (χ2v) is 3.29. The summed E-state index contributed by atoms with van der Waals surface area (Å²) in [6.07, 6.45) is 3.59. The molecule has 14 heavy (non-hydrogen) atoms. The van der Waals surface area contributed by atoms with E-state index in [1.807, 2.05) is 4.40 Å². The van der Waals surface area contributed by atoms with E-state index in [0.29, 0.717) is 10.6 Å². The number of carbonyl (C=O) groups is 1. The number of aromatic nitrogens is 1. The highest BCUT2D eigenvalue weighted by atomic mass is 35.5. The van der Waals surface area contributed by atoms with Crippen molar-refractivity contribution in [3.05, 3.63) is 41.2 Å². The van der Waals surface area contributed by atoms with Gasteiger partial charge in [-0.1, -0.05) is 11.6 Å². The molecule has 0 aliphatic carbocycles. The summed E-state index contributed by atoms with van der Waals surface area (Å²) in [5.41, 5.74) is 1.28. The van der Waals surface area contributed by atoms with Crippen molar-refractivity contribution in [1.82, 2.24) is 4.40 Å². The van der Waals surface area contributed by atoms with Crippen molar-refractivity contribution in [2.75, 3.05) is 7.11 Å². The van der Waals surface area contributed by atoms with Crippen LogP contribution in [-0.4, -0.2) is 17.5 Å². The molecule has 0 amide bonds. The Morgan fingerprint density at radius 3 is 2.86 bits per heavy atom. The maximum atomic E-state index is 11.3. The van der Waals surface area contributed by atoms with Gasteiger partial charge in [0, 0.05) is 17.4 Å². The van der Waals surface area contributed by atoms with Crippen LogP contribution in [0.2, 0.25) is 5.02 Å². The van der Waals surface area contributed by atoms with Gasteiger partial charge in [0.2, 0.25) is 0 Å². The Morgan fingerprint density at radius 1 is 1.43 bits per heavy atom. The molecule has 0 spiro atoms. The number of pyridine rings is 1. The van der Waals surface area contributed by atoms with E-state index in [2.05, 4.69) is 4.74 Å². The fourth-order valence-electron chi connectivity index (χ4n) is 1.35. The summed E-state index contributed by atoms with van der Waals surface area (Å²) >= 11 is 5.83. The van der Waals surface area contributed by atoms with E-state index in [9.17, 15) is 4.79 Å². The minimum absolute atomic E-state index is 0.352. The van der Waals surface area contributed by atoms with Crippen LogP contribution < -0.4 is 0 Å². The lowest BCUT2D eigenvalue weighted by Gasteiger charge is -1.98. The van der Waals surface area contributed by atoms with Crippen LogP contribution in [0.4, 0.5) is 0 Å². The SMILES string of the molecule is COC(=O)c1ccn2ccc(Cl)cc12. The predicted molar refractivity (Wildman–Crippen MR) is 53.7 cm³/mol. The van der Waals surface area contributed by atoms with Gasteiger partial charge in [-0.25, -0.2) is 4.79 Å². The Balaban J connectivity index is 2.67. The Labute approximate surface area is 85.9 Å². The lowest BCUT2D eigenvalue weighted by atomic mass is 10.2. The molecule has 0 bridgehead atoms. The zero-order chi connectivity index (χ0) is 10.1. The third-order valence-corrected chi connectivity index (χ3v) is 2.27. The number of fused-ring (bicyclic) bond motifs is 1. The summed E-state index contributed by atoms with van der Waals surface area (Å²) in [6, 6.07) is 5.20. The van der Waals surface area contributed by atoms with Crippen molar-refractivity contribution in [3.63, 3.8) is 0 Å². The summed E-state index contributed by atoms with van der Waals surface area (Å²) in [4.78, 5) is 11.3. The van der Waals surface area contributed by atoms with Gasteiger partial charge in [0.05, 0.1) is 18.2 Å². The average molecular weight is 210 g/mol. The number of halogens is 1. The summed E-state index contributed by atoms with van der Waals surface area (Å²) in [5.74, 6) is -0.352. The van der Waals surface area contributed by atoms with Crippen molar-refractivity contribution in [3.8, 4) is 0 Å². The van der Waals surface area contributed by atoms with Gasteiger partial charge in [0.25, 0.3) is 0 Å². The van der Waals surface area contributed by atoms with E-state index in [1.165, 1.54) is 7.11 Å². The fraction of sp³-hybridized carbons (Fsp3) is 0.100. The van der Waals surface area contributed by atoms with E-state index >= 15 is 0 Å². The minimum atomic E-state index is -0.352. The number of hydrogen-bond donors (Lipinski definition) is 0. The number of methoxy groups -OCH3 is 1. The Bertz CT molecular complexity index is 490. The summed E-state index contributed by atoms with van der Waals surface area (Å²) in [7, 11) is 1.36. The Morgan fingerprint density at radius 2 is 2.14 bits per heavy atom. The van der Waals surface area contributed by atoms with Crippen molar-refractivity contribution in [2.45, 2.75) is 0 Å². The third kappa shape index (κ3) is 1.36. The van der Waals surface area contributed by atoms with Gasteiger partial charge in [-0.3, -0.25) is 0 Å². The fourth-order valence-corrected chi connectivity index (χ4v) is 1.51. The molecule has 0 aliphatic heterocycles. The van der Waals surface area contributed by atoms with Gasteiger partial charge in [0.1, 0.15) is 0 Å². The van der Waals surface area contributed by atoms with E-state index in [4.69, 9.17) is 11.6 Å². The molecule has 72 valence electrons. The number of rotatable bonds is 1. The first kappa shape index (κ1) is 9.09. The molecule has 0 unspecified atom stereocenters. The molecule has 0 atom stereocenters. The van der Waals surface area contributed by atoms with Crippen LogP contribution in [0, 0.1) is 0 Å². The summed E-state index contributed by atoms with van der Waals surface area (Å²) in [6.45, 7) is 0. The quantitative estimate of drug-likeness (QED) is 0.676. The Kier molecular flexibility index (Phi) is 2.17. The topological polar surface area (TPSA) is 30.7 Å². The van der Waals surface area contributed by atoms with Crippen LogP contribution >= 0.6 is 11.6 Å². The molecule has 0 aliphatic rings. The molecular weight excluding hydrogens is 202 g/mol. The highest BCUT2D eigenvalue weighted by Crippen LogP contribution is 2.18. The van der Waals surface area contributed by atoms with Crippen LogP contribution in [0.3, 0.4) is 0 Å². The lowest BCUT2D eigenvalue weighted by Crippen LogP contribution is -2.00. The molecule has 4 heteroatoms. The number of esters is 1. The molecule has 2 aromatic heterocycles. The van der Waals surface area contributed by atoms with Gasteiger partial charge >= 0.3 is 5.97 Å². The molecule has 3 nitrogen and oxygen atoms in total. The molecule has 0 saturated carbocycles. The minimum Gasteiger partial charge on any atom is -0.465 e. The van der Waals surface area contributed by atoms with Crippen molar-refractivity contribution in [1.29, 1.82) is 0 Å². The number of nitrogens with zero attached hydrogens (tertiary/aromatic N) is 1. The second-order valence-electron chi connectivity index (χ2n) is 2.86. The van der Waals surface area contributed by atoms with E-state index < -0.39 is 0 Å². The van der Waals surface area contributed by atoms with E-state index in [-0.39, 0.29) is 5.97 Å². The second kappa shape index (κ2) is 3.35. The van der Waals surface area contributed by atoms with Crippen LogP contribution in [0.5, 0.6) is 0 Å². The first-order chi connectivity index (χ1) is 6.72. The zero-order valence-corrected chi connectivity index (χ0v) is 8.28. The summed E-state index contributed by atoms with van der Waals surface area (Å²) in [5, 5.41) is 0.598. The molecular formula is C10H8ClNO2. The van der Waals surface area contributed by atoms with Gasteiger partial charge in [-0.2, -0.15) is 0 Å². The van der Waals surface area contributed by atoms with Gasteiger partial charge < -0.3 is 9.14 Å². The van der Waals surface area contributed by atoms with E-state index in [1.54, 1.807) is 30.6 Å². The first-order valence-electron chi connectivity index (χ1n) is 4.07. The van der Waals surface area contributed by atoms with Gasteiger partial charge in [0.15, 0.2) is 0 Å². The largest absolute Gasteiger partial charge is 0.465 e. The predicted octanol–water partition coefficient (Wildman–Crippen LogP) is 2.38. The molecule has 2 rings (SSSR count). The van der Waals surface area contributed by atoms with Crippen molar-refractivity contribution < 1.29 is 9.53 Å². The zero-order valence-electron chi connectivity index (χ0n) is 7.53. The molecule has 0 aromatic carbocycles. The van der Waals surface area contributed by atoms with Crippen molar-refractivity contribution in [2.24, 2.45) is 0 Å². The Hall–Kier alpha value is -1.48. The first-order valence-corrected chi connectivity index (χ1v) is 4.44. The van der Waals surface area contributed by atoms with E-state index in [0.717, 1.165) is 5.52 Å². The van der Waals surface area contributed by atoms with Gasteiger partial charge in [-0.15, -0.1) is 0 Å². The van der Waals surface area contributed by atoms with Crippen LogP contribution in [-0.2, 0) is 4.74 Å². The smallest absolute Gasteiger partial charge is 0.340 e. The van der Waals surface area contributed by atoms with Crippen LogP contribution in [0.15, 0.2) is 30.6 Å². The molecule has 0 radical (unpaired) electrons. The molecule has 2 aromatic rings. The lowest BCUT2D eigenvalue weighted by molar-refractivity contribution is 0.0603. The highest BCUT2D eigenvalue weighted by Gasteiger charge is 2.11. The highest BCUT2D eigenvalue weighted by molar-refractivity contribution is 6.31. The normalized spacial score (nSPS) is 10.4. The summed E-state index contributed by atoms with van der Waals surface area (Å²) < 4.78 is 6.46.